The lowest BCUT2D eigenvalue weighted by Gasteiger charge is -2.54. The van der Waals surface area contributed by atoms with Crippen LogP contribution in [-0.4, -0.2) is 30.4 Å². The van der Waals surface area contributed by atoms with Crippen LogP contribution in [0, 0.1) is 35.5 Å². The molecule has 112 valence electrons. The standard InChI is InChI=1S/C17H28N2O/c18-9-11-2-1-3-19(10-11)17(20)16-14-5-12-4-13(7-14)8-15(16)6-12/h11-16H,1-10,18H2. The summed E-state index contributed by atoms with van der Waals surface area (Å²) in [7, 11) is 0. The number of rotatable bonds is 2. The van der Waals surface area contributed by atoms with Gasteiger partial charge in [-0.1, -0.05) is 0 Å². The van der Waals surface area contributed by atoms with Crippen LogP contribution in [-0.2, 0) is 4.79 Å². The summed E-state index contributed by atoms with van der Waals surface area (Å²) in [5, 5.41) is 0. The highest BCUT2D eigenvalue weighted by Gasteiger charge is 2.51. The monoisotopic (exact) mass is 276 g/mol. The molecule has 3 nitrogen and oxygen atoms in total. The number of carbonyl (C=O) groups excluding carboxylic acids is 1. The zero-order valence-corrected chi connectivity index (χ0v) is 12.5. The quantitative estimate of drug-likeness (QED) is 0.841. The third-order valence-electron chi connectivity index (χ3n) is 6.68. The Morgan fingerprint density at radius 2 is 1.70 bits per heavy atom. The van der Waals surface area contributed by atoms with Crippen molar-refractivity contribution in [1.29, 1.82) is 0 Å². The Bertz CT molecular complexity index is 366. The lowest BCUT2D eigenvalue weighted by molar-refractivity contribution is -0.150. The molecule has 1 heterocycles. The van der Waals surface area contributed by atoms with Gasteiger partial charge in [-0.25, -0.2) is 0 Å². The van der Waals surface area contributed by atoms with Gasteiger partial charge in [-0.2, -0.15) is 0 Å². The third-order valence-corrected chi connectivity index (χ3v) is 6.68. The molecule has 0 aromatic carbocycles. The lowest BCUT2D eigenvalue weighted by atomic mass is 9.51. The van der Waals surface area contributed by atoms with Crippen LogP contribution in [0.4, 0.5) is 0 Å². The number of nitrogens with zero attached hydrogens (tertiary/aromatic N) is 1. The number of piperidine rings is 1. The van der Waals surface area contributed by atoms with Gasteiger partial charge in [0, 0.05) is 19.0 Å². The SMILES string of the molecule is NCC1CCCN(C(=O)C2C3CC4CC(C3)CC2C4)C1. The van der Waals surface area contributed by atoms with E-state index < -0.39 is 0 Å². The third kappa shape index (κ3) is 2.09. The van der Waals surface area contributed by atoms with E-state index in [1.807, 2.05) is 0 Å². The van der Waals surface area contributed by atoms with E-state index in [-0.39, 0.29) is 0 Å². The summed E-state index contributed by atoms with van der Waals surface area (Å²) in [6, 6.07) is 0. The predicted octanol–water partition coefficient (Wildman–Crippen LogP) is 2.26. The molecule has 2 N–H and O–H groups in total. The largest absolute Gasteiger partial charge is 0.342 e. The Morgan fingerprint density at radius 3 is 2.30 bits per heavy atom. The number of hydrogen-bond acceptors (Lipinski definition) is 2. The van der Waals surface area contributed by atoms with Crippen LogP contribution >= 0.6 is 0 Å². The first-order valence-corrected chi connectivity index (χ1v) is 8.73. The van der Waals surface area contributed by atoms with Crippen molar-refractivity contribution in [3.05, 3.63) is 0 Å². The number of nitrogens with two attached hydrogens (primary N) is 1. The van der Waals surface area contributed by atoms with Gasteiger partial charge in [0.05, 0.1) is 0 Å². The van der Waals surface area contributed by atoms with E-state index in [0.29, 0.717) is 17.7 Å². The Morgan fingerprint density at radius 1 is 1.05 bits per heavy atom. The minimum Gasteiger partial charge on any atom is -0.342 e. The molecule has 0 aromatic rings. The maximum atomic E-state index is 13.0. The summed E-state index contributed by atoms with van der Waals surface area (Å²) < 4.78 is 0. The van der Waals surface area contributed by atoms with Crippen LogP contribution < -0.4 is 5.73 Å². The van der Waals surface area contributed by atoms with Gasteiger partial charge in [0.2, 0.25) is 5.91 Å². The minimum absolute atomic E-state index is 0.374. The molecule has 4 saturated carbocycles. The van der Waals surface area contributed by atoms with E-state index in [1.165, 1.54) is 38.5 Å². The highest BCUT2D eigenvalue weighted by molar-refractivity contribution is 5.80. The smallest absolute Gasteiger partial charge is 0.226 e. The van der Waals surface area contributed by atoms with Crippen molar-refractivity contribution >= 4 is 5.91 Å². The molecular formula is C17H28N2O. The van der Waals surface area contributed by atoms with E-state index in [4.69, 9.17) is 5.73 Å². The Balaban J connectivity index is 1.48. The zero-order chi connectivity index (χ0) is 13.7. The zero-order valence-electron chi connectivity index (χ0n) is 12.5. The molecule has 0 aromatic heterocycles. The average molecular weight is 276 g/mol. The van der Waals surface area contributed by atoms with Crippen molar-refractivity contribution < 1.29 is 4.79 Å². The molecule has 1 saturated heterocycles. The molecule has 5 rings (SSSR count). The Kier molecular flexibility index (Phi) is 3.29. The summed E-state index contributed by atoms with van der Waals surface area (Å²) >= 11 is 0. The van der Waals surface area contributed by atoms with Crippen LogP contribution in [0.3, 0.4) is 0 Å². The van der Waals surface area contributed by atoms with Crippen LogP contribution in [0.25, 0.3) is 0 Å². The molecule has 1 atom stereocenters. The molecule has 0 spiro atoms. The lowest BCUT2D eigenvalue weighted by Crippen LogP contribution is -2.53. The van der Waals surface area contributed by atoms with Gasteiger partial charge in [0.1, 0.15) is 0 Å². The second-order valence-electron chi connectivity index (χ2n) is 7.98. The number of carbonyl (C=O) groups is 1. The first-order valence-electron chi connectivity index (χ1n) is 8.73. The number of hydrogen-bond donors (Lipinski definition) is 1. The normalized spacial score (nSPS) is 46.8. The minimum atomic E-state index is 0.374. The van der Waals surface area contributed by atoms with Gasteiger partial charge in [0.15, 0.2) is 0 Å². The van der Waals surface area contributed by atoms with Crippen molar-refractivity contribution in [1.82, 2.24) is 4.90 Å². The fraction of sp³-hybridized carbons (Fsp3) is 0.941. The summed E-state index contributed by atoms with van der Waals surface area (Å²) in [6.45, 7) is 2.65. The summed E-state index contributed by atoms with van der Waals surface area (Å²) in [6.07, 6.45) is 9.21. The Labute approximate surface area is 122 Å². The summed E-state index contributed by atoms with van der Waals surface area (Å²) in [5.74, 6) is 4.77. The van der Waals surface area contributed by atoms with Gasteiger partial charge in [-0.15, -0.1) is 0 Å². The number of likely N-dealkylation sites (tertiary alicyclic amines) is 1. The molecule has 0 radical (unpaired) electrons. The van der Waals surface area contributed by atoms with Crippen molar-refractivity contribution in [2.75, 3.05) is 19.6 Å². The second-order valence-corrected chi connectivity index (χ2v) is 7.98. The van der Waals surface area contributed by atoms with Crippen LogP contribution in [0.15, 0.2) is 0 Å². The van der Waals surface area contributed by atoms with Gasteiger partial charge in [-0.05, 0) is 81.1 Å². The van der Waals surface area contributed by atoms with Crippen molar-refractivity contribution in [2.45, 2.75) is 44.9 Å². The summed E-state index contributed by atoms with van der Waals surface area (Å²) in [4.78, 5) is 15.2. The van der Waals surface area contributed by atoms with E-state index in [0.717, 1.165) is 49.7 Å². The van der Waals surface area contributed by atoms with Gasteiger partial charge >= 0.3 is 0 Å². The van der Waals surface area contributed by atoms with Crippen molar-refractivity contribution in [3.8, 4) is 0 Å². The molecule has 4 aliphatic carbocycles. The summed E-state index contributed by atoms with van der Waals surface area (Å²) in [5.41, 5.74) is 5.82. The molecule has 1 amide bonds. The van der Waals surface area contributed by atoms with E-state index in [9.17, 15) is 4.79 Å². The molecule has 20 heavy (non-hydrogen) atoms. The first-order chi connectivity index (χ1) is 9.74. The van der Waals surface area contributed by atoms with Crippen LogP contribution in [0.2, 0.25) is 0 Å². The molecule has 4 bridgehead atoms. The molecule has 1 aliphatic heterocycles. The maximum absolute atomic E-state index is 13.0. The fourth-order valence-electron chi connectivity index (χ4n) is 6.00. The number of amides is 1. The van der Waals surface area contributed by atoms with Gasteiger partial charge in [0.25, 0.3) is 0 Å². The average Bonchev–Trinajstić information content (AvgIpc) is 2.46. The van der Waals surface area contributed by atoms with Crippen molar-refractivity contribution in [3.63, 3.8) is 0 Å². The molecule has 1 unspecified atom stereocenters. The molecule has 3 heteroatoms. The van der Waals surface area contributed by atoms with Crippen LogP contribution in [0.1, 0.15) is 44.9 Å². The molecular weight excluding hydrogens is 248 g/mol. The fourth-order valence-corrected chi connectivity index (χ4v) is 6.00. The Hall–Kier alpha value is -0.570. The van der Waals surface area contributed by atoms with Crippen molar-refractivity contribution in [2.24, 2.45) is 41.2 Å². The van der Waals surface area contributed by atoms with Gasteiger partial charge in [-0.3, -0.25) is 4.79 Å². The van der Waals surface area contributed by atoms with Gasteiger partial charge < -0.3 is 10.6 Å². The highest BCUT2D eigenvalue weighted by atomic mass is 16.2. The van der Waals surface area contributed by atoms with Crippen LogP contribution in [0.5, 0.6) is 0 Å². The van der Waals surface area contributed by atoms with E-state index >= 15 is 0 Å². The van der Waals surface area contributed by atoms with E-state index in [2.05, 4.69) is 4.90 Å². The molecule has 5 fully saturated rings. The second kappa shape index (κ2) is 5.01. The maximum Gasteiger partial charge on any atom is 0.226 e. The first kappa shape index (κ1) is 13.1. The topological polar surface area (TPSA) is 46.3 Å². The highest BCUT2D eigenvalue weighted by Crippen LogP contribution is 2.56. The predicted molar refractivity (Wildman–Crippen MR) is 78.9 cm³/mol. The van der Waals surface area contributed by atoms with E-state index in [1.54, 1.807) is 0 Å². The molecule has 5 aliphatic rings.